The summed E-state index contributed by atoms with van der Waals surface area (Å²) in [5.74, 6) is 0.0451. The molecule has 7 nitrogen and oxygen atoms in total. The van der Waals surface area contributed by atoms with Crippen LogP contribution in [0.3, 0.4) is 0 Å². The van der Waals surface area contributed by atoms with E-state index < -0.39 is 12.2 Å². The first kappa shape index (κ1) is 28.0. The highest BCUT2D eigenvalue weighted by atomic mass is 35.5. The van der Waals surface area contributed by atoms with Crippen molar-refractivity contribution in [1.82, 2.24) is 15.5 Å². The van der Waals surface area contributed by atoms with Gasteiger partial charge in [0.2, 0.25) is 0 Å². The Bertz CT molecular complexity index is 996. The summed E-state index contributed by atoms with van der Waals surface area (Å²) in [6, 6.07) is 15.5. The second-order valence-corrected chi connectivity index (χ2v) is 9.70. The standard InChI is InChI=1S/C28H38ClN3O4/c1-20(19-30-2)32(25-13-5-4-6-14-25)27(33)23-11-7-9-21(17-23)26(22-10-8-12-24(29)18-22)36-16-15-31-28(34)35-3/h7-12,17-18,20,25-26,30H,4-6,13-16,19H2,1-3H3,(H,31,34)/t20-,26?/m0/s1. The van der Waals surface area contributed by atoms with E-state index in [2.05, 4.69) is 27.2 Å². The minimum absolute atomic E-state index is 0.0451. The monoisotopic (exact) mass is 515 g/mol. The molecule has 0 bridgehead atoms. The summed E-state index contributed by atoms with van der Waals surface area (Å²) >= 11 is 6.28. The SMILES string of the molecule is CNC[C@H](C)N(C(=O)c1cccc(C(OCCNC(=O)OC)c2cccc(Cl)c2)c1)C1CCCCC1. The van der Waals surface area contributed by atoms with Gasteiger partial charge in [-0.25, -0.2) is 4.79 Å². The number of carbonyl (C=O) groups is 2. The fourth-order valence-electron chi connectivity index (χ4n) is 4.92. The van der Waals surface area contributed by atoms with E-state index in [1.54, 1.807) is 0 Å². The number of likely N-dealkylation sites (N-methyl/N-ethyl adjacent to an activating group) is 1. The highest BCUT2D eigenvalue weighted by Crippen LogP contribution is 2.30. The predicted octanol–water partition coefficient (Wildman–Crippen LogP) is 5.18. The van der Waals surface area contributed by atoms with Crippen LogP contribution in [-0.4, -0.2) is 62.8 Å². The molecule has 2 aromatic carbocycles. The van der Waals surface area contributed by atoms with E-state index in [0.717, 1.165) is 43.4 Å². The molecular formula is C28H38ClN3O4. The van der Waals surface area contributed by atoms with Crippen LogP contribution in [-0.2, 0) is 9.47 Å². The van der Waals surface area contributed by atoms with Crippen LogP contribution in [0.5, 0.6) is 0 Å². The first-order valence-electron chi connectivity index (χ1n) is 12.7. The van der Waals surface area contributed by atoms with E-state index >= 15 is 0 Å². The Hall–Kier alpha value is -2.61. The van der Waals surface area contributed by atoms with Crippen molar-refractivity contribution in [3.05, 3.63) is 70.2 Å². The maximum atomic E-state index is 13.9. The van der Waals surface area contributed by atoms with Crippen LogP contribution in [0.1, 0.15) is 66.6 Å². The van der Waals surface area contributed by atoms with Crippen molar-refractivity contribution in [1.29, 1.82) is 0 Å². The van der Waals surface area contributed by atoms with Gasteiger partial charge in [-0.15, -0.1) is 0 Å². The third-order valence-electron chi connectivity index (χ3n) is 6.61. The smallest absolute Gasteiger partial charge is 0.406 e. The number of amides is 2. The highest BCUT2D eigenvalue weighted by Gasteiger charge is 2.30. The Morgan fingerprint density at radius 2 is 1.78 bits per heavy atom. The molecule has 0 heterocycles. The molecule has 1 saturated carbocycles. The number of ether oxygens (including phenoxy) is 2. The van der Waals surface area contributed by atoms with Crippen molar-refractivity contribution in [3.8, 4) is 0 Å². The van der Waals surface area contributed by atoms with E-state index in [9.17, 15) is 9.59 Å². The van der Waals surface area contributed by atoms with Gasteiger partial charge in [-0.1, -0.05) is 55.1 Å². The number of hydrogen-bond acceptors (Lipinski definition) is 5. The molecule has 0 radical (unpaired) electrons. The zero-order valence-corrected chi connectivity index (χ0v) is 22.2. The van der Waals surface area contributed by atoms with Gasteiger partial charge in [-0.2, -0.15) is 0 Å². The molecule has 0 saturated heterocycles. The molecule has 3 rings (SSSR count). The van der Waals surface area contributed by atoms with Crippen molar-refractivity contribution in [2.24, 2.45) is 0 Å². The van der Waals surface area contributed by atoms with Crippen molar-refractivity contribution < 1.29 is 19.1 Å². The highest BCUT2D eigenvalue weighted by molar-refractivity contribution is 6.30. The summed E-state index contributed by atoms with van der Waals surface area (Å²) in [4.78, 5) is 27.3. The molecular weight excluding hydrogens is 478 g/mol. The Morgan fingerprint density at radius 3 is 2.44 bits per heavy atom. The van der Waals surface area contributed by atoms with Crippen LogP contribution in [0.25, 0.3) is 0 Å². The summed E-state index contributed by atoms with van der Waals surface area (Å²) in [7, 11) is 3.24. The molecule has 1 aliphatic rings. The molecule has 1 unspecified atom stereocenters. The van der Waals surface area contributed by atoms with Gasteiger partial charge < -0.3 is 25.0 Å². The number of halogens is 1. The van der Waals surface area contributed by atoms with Crippen molar-refractivity contribution in [3.63, 3.8) is 0 Å². The van der Waals surface area contributed by atoms with Gasteiger partial charge in [0, 0.05) is 35.8 Å². The predicted molar refractivity (Wildman–Crippen MR) is 143 cm³/mol. The lowest BCUT2D eigenvalue weighted by molar-refractivity contribution is 0.0534. The van der Waals surface area contributed by atoms with Crippen LogP contribution in [0.2, 0.25) is 5.02 Å². The molecule has 1 fully saturated rings. The zero-order chi connectivity index (χ0) is 25.9. The molecule has 0 aromatic heterocycles. The van der Waals surface area contributed by atoms with Gasteiger partial charge in [-0.3, -0.25) is 4.79 Å². The van der Waals surface area contributed by atoms with Gasteiger partial charge in [-0.05, 0) is 62.2 Å². The number of benzene rings is 2. The van der Waals surface area contributed by atoms with Gasteiger partial charge >= 0.3 is 6.09 Å². The van der Waals surface area contributed by atoms with E-state index in [0.29, 0.717) is 17.1 Å². The first-order valence-corrected chi connectivity index (χ1v) is 13.1. The third-order valence-corrected chi connectivity index (χ3v) is 6.84. The van der Waals surface area contributed by atoms with E-state index in [1.165, 1.54) is 13.5 Å². The number of rotatable bonds is 11. The number of hydrogen-bond donors (Lipinski definition) is 2. The molecule has 2 amide bonds. The maximum Gasteiger partial charge on any atom is 0.406 e. The lowest BCUT2D eigenvalue weighted by Crippen LogP contribution is -2.50. The molecule has 0 spiro atoms. The van der Waals surface area contributed by atoms with Crippen molar-refractivity contribution >= 4 is 23.6 Å². The quantitative estimate of drug-likeness (QED) is 0.403. The van der Waals surface area contributed by atoms with Crippen LogP contribution >= 0.6 is 11.6 Å². The maximum absolute atomic E-state index is 13.9. The molecule has 2 aromatic rings. The van der Waals surface area contributed by atoms with Crippen LogP contribution in [0.15, 0.2) is 48.5 Å². The summed E-state index contributed by atoms with van der Waals surface area (Å²) < 4.78 is 10.8. The molecule has 8 heteroatoms. The number of alkyl carbamates (subject to hydrolysis) is 1. The minimum Gasteiger partial charge on any atom is -0.453 e. The van der Waals surface area contributed by atoms with Crippen LogP contribution in [0.4, 0.5) is 4.79 Å². The number of carbonyl (C=O) groups excluding carboxylic acids is 2. The normalized spacial score (nSPS) is 15.7. The Balaban J connectivity index is 1.87. The number of nitrogens with one attached hydrogen (secondary N) is 2. The topological polar surface area (TPSA) is 79.9 Å². The fourth-order valence-corrected chi connectivity index (χ4v) is 5.12. The van der Waals surface area contributed by atoms with Gasteiger partial charge in [0.25, 0.3) is 5.91 Å². The van der Waals surface area contributed by atoms with Crippen molar-refractivity contribution in [2.45, 2.75) is 57.2 Å². The van der Waals surface area contributed by atoms with Crippen LogP contribution < -0.4 is 10.6 Å². The van der Waals surface area contributed by atoms with Crippen molar-refractivity contribution in [2.75, 3.05) is 33.9 Å². The second-order valence-electron chi connectivity index (χ2n) is 9.26. The average Bonchev–Trinajstić information content (AvgIpc) is 2.89. The van der Waals surface area contributed by atoms with E-state index in [-0.39, 0.29) is 24.6 Å². The zero-order valence-electron chi connectivity index (χ0n) is 21.5. The summed E-state index contributed by atoms with van der Waals surface area (Å²) in [6.45, 7) is 3.40. The summed E-state index contributed by atoms with van der Waals surface area (Å²) in [6.07, 6.45) is 4.67. The molecule has 36 heavy (non-hydrogen) atoms. The lowest BCUT2D eigenvalue weighted by atomic mass is 9.92. The van der Waals surface area contributed by atoms with E-state index in [1.807, 2.05) is 55.6 Å². The van der Waals surface area contributed by atoms with Gasteiger partial charge in [0.1, 0.15) is 6.10 Å². The molecule has 2 N–H and O–H groups in total. The van der Waals surface area contributed by atoms with E-state index in [4.69, 9.17) is 16.3 Å². The summed E-state index contributed by atoms with van der Waals surface area (Å²) in [5, 5.41) is 6.46. The Morgan fingerprint density at radius 1 is 1.08 bits per heavy atom. The lowest BCUT2D eigenvalue weighted by Gasteiger charge is -2.39. The average molecular weight is 516 g/mol. The number of nitrogens with zero attached hydrogens (tertiary/aromatic N) is 1. The molecule has 0 aliphatic heterocycles. The minimum atomic E-state index is -0.510. The molecule has 1 aliphatic carbocycles. The van der Waals surface area contributed by atoms with Crippen LogP contribution in [0, 0.1) is 0 Å². The first-order chi connectivity index (χ1) is 17.4. The largest absolute Gasteiger partial charge is 0.453 e. The molecule has 196 valence electrons. The van der Waals surface area contributed by atoms with Gasteiger partial charge in [0.15, 0.2) is 0 Å². The third kappa shape index (κ3) is 7.69. The Labute approximate surface area is 219 Å². The second kappa shape index (κ2) is 14.2. The molecule has 2 atom stereocenters. The van der Waals surface area contributed by atoms with Gasteiger partial charge in [0.05, 0.1) is 13.7 Å². The number of methoxy groups -OCH3 is 1. The Kier molecular flexibility index (Phi) is 11.0. The fraction of sp³-hybridized carbons (Fsp3) is 0.500. The summed E-state index contributed by atoms with van der Waals surface area (Å²) in [5.41, 5.74) is 2.37.